The molecule has 2 aliphatic rings. The van der Waals surface area contributed by atoms with Gasteiger partial charge < -0.3 is 10.6 Å². The van der Waals surface area contributed by atoms with Crippen molar-refractivity contribution in [1.82, 2.24) is 4.90 Å². The second-order valence-corrected chi connectivity index (χ2v) is 4.89. The van der Waals surface area contributed by atoms with Gasteiger partial charge in [0.1, 0.15) is 0 Å². The van der Waals surface area contributed by atoms with Crippen molar-refractivity contribution in [3.8, 4) is 0 Å². The number of nitrogens with zero attached hydrogens (tertiary/aromatic N) is 1. The highest BCUT2D eigenvalue weighted by Gasteiger charge is 2.43. The lowest BCUT2D eigenvalue weighted by Gasteiger charge is -2.51. The van der Waals surface area contributed by atoms with E-state index in [0.717, 1.165) is 0 Å². The Labute approximate surface area is 94.5 Å². The molecule has 0 unspecified atom stereocenters. The first kappa shape index (κ1) is 12.6. The molecule has 0 atom stereocenters. The Morgan fingerprint density at radius 3 is 2.07 bits per heavy atom. The predicted octanol–water partition coefficient (Wildman–Crippen LogP) is 2.75. The van der Waals surface area contributed by atoms with E-state index in [4.69, 9.17) is 5.73 Å². The molecule has 1 saturated heterocycles. The molecule has 88 valence electrons. The molecule has 1 aliphatic heterocycles. The van der Waals surface area contributed by atoms with Gasteiger partial charge in [0.05, 0.1) is 0 Å². The molecule has 1 saturated carbocycles. The fourth-order valence-corrected chi connectivity index (χ4v) is 2.82. The van der Waals surface area contributed by atoms with E-state index in [0.29, 0.717) is 11.5 Å². The van der Waals surface area contributed by atoms with Crippen LogP contribution in [0.1, 0.15) is 46.5 Å². The van der Waals surface area contributed by atoms with Crippen LogP contribution in [-0.2, 0) is 0 Å². The van der Waals surface area contributed by atoms with Crippen molar-refractivity contribution in [2.45, 2.75) is 52.5 Å². The number of likely N-dealkylation sites (tertiary alicyclic amines) is 1. The van der Waals surface area contributed by atoms with Gasteiger partial charge in [0, 0.05) is 24.8 Å². The maximum absolute atomic E-state index is 5.85. The van der Waals surface area contributed by atoms with Gasteiger partial charge in [-0.05, 0) is 38.0 Å². The van der Waals surface area contributed by atoms with E-state index in [9.17, 15) is 0 Å². The summed E-state index contributed by atoms with van der Waals surface area (Å²) in [7, 11) is 0. The van der Waals surface area contributed by atoms with Crippen molar-refractivity contribution in [2.75, 3.05) is 13.1 Å². The largest absolute Gasteiger partial charge is 0.375 e. The smallest absolute Gasteiger partial charge is 0.0180 e. The molecule has 2 N–H and O–H groups in total. The summed E-state index contributed by atoms with van der Waals surface area (Å²) in [6.07, 6.45) is 5.18. The molecule has 2 heteroatoms. The molecule has 0 bridgehead atoms. The number of hydrogen-bond acceptors (Lipinski definition) is 2. The van der Waals surface area contributed by atoms with E-state index in [2.05, 4.69) is 18.4 Å². The van der Waals surface area contributed by atoms with Gasteiger partial charge in [-0.3, -0.25) is 0 Å². The highest BCUT2D eigenvalue weighted by atomic mass is 15.1. The van der Waals surface area contributed by atoms with Gasteiger partial charge in [0.25, 0.3) is 0 Å². The van der Waals surface area contributed by atoms with Crippen molar-refractivity contribution < 1.29 is 0 Å². The lowest BCUT2D eigenvalue weighted by molar-refractivity contribution is 0.0290. The molecule has 15 heavy (non-hydrogen) atoms. The maximum Gasteiger partial charge on any atom is 0.0180 e. The molecule has 0 aromatic heterocycles. The van der Waals surface area contributed by atoms with Gasteiger partial charge in [-0.1, -0.05) is 20.4 Å². The molecule has 1 spiro atoms. The van der Waals surface area contributed by atoms with Crippen LogP contribution < -0.4 is 5.73 Å². The van der Waals surface area contributed by atoms with Crippen molar-refractivity contribution in [1.29, 1.82) is 0 Å². The van der Waals surface area contributed by atoms with Crippen LogP contribution >= 0.6 is 0 Å². The van der Waals surface area contributed by atoms with Crippen LogP contribution in [0.2, 0.25) is 0 Å². The van der Waals surface area contributed by atoms with Gasteiger partial charge in [0.2, 0.25) is 0 Å². The van der Waals surface area contributed by atoms with Gasteiger partial charge >= 0.3 is 0 Å². The van der Waals surface area contributed by atoms with E-state index >= 15 is 0 Å². The topological polar surface area (TPSA) is 29.3 Å². The molecular weight excluding hydrogens is 184 g/mol. The minimum Gasteiger partial charge on any atom is -0.375 e. The molecule has 1 aliphatic carbocycles. The highest BCUT2D eigenvalue weighted by Crippen LogP contribution is 2.48. The summed E-state index contributed by atoms with van der Waals surface area (Å²) in [5.41, 5.74) is 7.70. The molecule has 0 radical (unpaired) electrons. The fraction of sp³-hybridized carbons (Fsp3) is 0.846. The Morgan fingerprint density at radius 2 is 1.73 bits per heavy atom. The third kappa shape index (κ3) is 2.75. The summed E-state index contributed by atoms with van der Waals surface area (Å²) in [6, 6.07) is 0.497. The van der Waals surface area contributed by atoms with E-state index in [-0.39, 0.29) is 0 Å². The Kier molecular flexibility index (Phi) is 4.21. The quantitative estimate of drug-likeness (QED) is 0.721. The first-order valence-electron chi connectivity index (χ1n) is 6.27. The van der Waals surface area contributed by atoms with Gasteiger partial charge in [-0.2, -0.15) is 0 Å². The van der Waals surface area contributed by atoms with Crippen molar-refractivity contribution in [2.24, 2.45) is 11.1 Å². The van der Waals surface area contributed by atoms with Crippen LogP contribution in [0.15, 0.2) is 12.3 Å². The van der Waals surface area contributed by atoms with Crippen LogP contribution in [-0.4, -0.2) is 24.0 Å². The number of allylic oxidation sites excluding steroid dienone is 1. The number of nitrogens with two attached hydrogens (primary N) is 1. The number of hydrogen-bond donors (Lipinski definition) is 1. The minimum absolute atomic E-state index is 0.497. The normalized spacial score (nSPS) is 24.1. The van der Waals surface area contributed by atoms with Gasteiger partial charge in [0.15, 0.2) is 0 Å². The fourth-order valence-electron chi connectivity index (χ4n) is 2.82. The molecule has 2 fully saturated rings. The van der Waals surface area contributed by atoms with Crippen LogP contribution in [0, 0.1) is 5.41 Å². The van der Waals surface area contributed by atoms with Crippen molar-refractivity contribution in [3.05, 3.63) is 12.3 Å². The van der Waals surface area contributed by atoms with Crippen LogP contribution in [0.4, 0.5) is 0 Å². The third-order valence-corrected chi connectivity index (χ3v) is 3.75. The van der Waals surface area contributed by atoms with Crippen molar-refractivity contribution >= 4 is 0 Å². The first-order valence-corrected chi connectivity index (χ1v) is 6.27. The van der Waals surface area contributed by atoms with E-state index in [1.807, 2.05) is 13.8 Å². The standard InChI is InChI=1S/C11H20N2.C2H6/c1-9(2)13-5-3-11(4-6-13)7-10(12)8-11;1-2/h10H,1,3-8,12H2,2H3;1-2H3. The molecular formula is C13H26N2. The zero-order valence-corrected chi connectivity index (χ0v) is 10.6. The molecule has 0 aromatic rings. The third-order valence-electron chi connectivity index (χ3n) is 3.75. The first-order chi connectivity index (χ1) is 7.11. The Bertz CT molecular complexity index is 207. The molecule has 1 heterocycles. The predicted molar refractivity (Wildman–Crippen MR) is 66.6 cm³/mol. The van der Waals surface area contributed by atoms with E-state index in [1.54, 1.807) is 0 Å². The number of rotatable bonds is 1. The zero-order chi connectivity index (χ0) is 11.5. The molecule has 2 nitrogen and oxygen atoms in total. The lowest BCUT2D eigenvalue weighted by Crippen LogP contribution is -2.51. The SMILES string of the molecule is C=C(C)N1CCC2(CC1)CC(N)C2.CC. The van der Waals surface area contributed by atoms with Gasteiger partial charge in [-0.25, -0.2) is 0 Å². The second-order valence-electron chi connectivity index (χ2n) is 4.89. The molecule has 0 amide bonds. The summed E-state index contributed by atoms with van der Waals surface area (Å²) in [5, 5.41) is 0. The average Bonchev–Trinajstić information content (AvgIpc) is 2.19. The lowest BCUT2D eigenvalue weighted by atomic mass is 9.61. The van der Waals surface area contributed by atoms with Crippen LogP contribution in [0.25, 0.3) is 0 Å². The average molecular weight is 210 g/mol. The highest BCUT2D eigenvalue weighted by molar-refractivity contribution is 5.02. The maximum atomic E-state index is 5.85. The Balaban J connectivity index is 0.000000531. The summed E-state index contributed by atoms with van der Waals surface area (Å²) in [6.45, 7) is 12.5. The van der Waals surface area contributed by atoms with E-state index in [1.165, 1.54) is 44.5 Å². The molecule has 0 aromatic carbocycles. The number of piperidine rings is 1. The van der Waals surface area contributed by atoms with Gasteiger partial charge in [-0.15, -0.1) is 0 Å². The summed E-state index contributed by atoms with van der Waals surface area (Å²) in [5.74, 6) is 0. The Hall–Kier alpha value is -0.500. The van der Waals surface area contributed by atoms with Crippen LogP contribution in [0.3, 0.4) is 0 Å². The summed E-state index contributed by atoms with van der Waals surface area (Å²) < 4.78 is 0. The van der Waals surface area contributed by atoms with Crippen LogP contribution in [0.5, 0.6) is 0 Å². The van der Waals surface area contributed by atoms with Crippen molar-refractivity contribution in [3.63, 3.8) is 0 Å². The minimum atomic E-state index is 0.497. The second kappa shape index (κ2) is 5.02. The molecule has 2 rings (SSSR count). The van der Waals surface area contributed by atoms with E-state index < -0.39 is 0 Å². The summed E-state index contributed by atoms with van der Waals surface area (Å²) >= 11 is 0. The zero-order valence-electron chi connectivity index (χ0n) is 10.6. The monoisotopic (exact) mass is 210 g/mol. The Morgan fingerprint density at radius 1 is 1.27 bits per heavy atom. The summed E-state index contributed by atoms with van der Waals surface area (Å²) in [4.78, 5) is 2.40.